The number of halogens is 5. The fourth-order valence-electron chi connectivity index (χ4n) is 2.74. The summed E-state index contributed by atoms with van der Waals surface area (Å²) in [5, 5.41) is 7.46. The number of carbonyl (C=O) groups is 1. The van der Waals surface area contributed by atoms with E-state index in [1.165, 1.54) is 18.2 Å². The van der Waals surface area contributed by atoms with E-state index in [9.17, 15) is 35.2 Å². The lowest BCUT2D eigenvalue weighted by molar-refractivity contribution is -0.138. The van der Waals surface area contributed by atoms with Crippen LogP contribution in [0.2, 0.25) is 0 Å². The summed E-state index contributed by atoms with van der Waals surface area (Å²) in [5.74, 6) is -0.858. The molecule has 0 aromatic heterocycles. The second-order valence-corrected chi connectivity index (χ2v) is 7.84. The standard InChI is InChI=1S/C19H17F5N4O3S/c20-18(21)27-10-12(9-25)14-6-5-13(8-16(14)32(26,30)31)28-17(29)7-11-3-1-2-4-15(11)19(22,23)24/h1-6,8-10,18H,7,25H2,(H,28,29)(H2,26,30,31). The predicted molar refractivity (Wildman–Crippen MR) is 108 cm³/mol. The monoisotopic (exact) mass is 476 g/mol. The van der Waals surface area contributed by atoms with Crippen LogP contribution in [0.25, 0.3) is 5.57 Å². The number of rotatable bonds is 7. The summed E-state index contributed by atoms with van der Waals surface area (Å²) in [5.41, 5.74) is 3.64. The number of aliphatic imine (C=N–C) groups is 1. The SMILES string of the molecule is NC=C(C=NC(F)F)c1ccc(NC(=O)Cc2ccccc2C(F)(F)F)cc1S(N)(=O)=O. The van der Waals surface area contributed by atoms with Gasteiger partial charge in [0.05, 0.1) is 16.9 Å². The number of sulfonamides is 1. The van der Waals surface area contributed by atoms with Crippen LogP contribution >= 0.6 is 0 Å². The Morgan fingerprint density at radius 2 is 1.81 bits per heavy atom. The first-order valence-corrected chi connectivity index (χ1v) is 10.2. The van der Waals surface area contributed by atoms with Crippen LogP contribution in [0, 0.1) is 0 Å². The molecule has 0 saturated carbocycles. The van der Waals surface area contributed by atoms with Gasteiger partial charge in [-0.1, -0.05) is 24.3 Å². The van der Waals surface area contributed by atoms with Crippen molar-refractivity contribution >= 4 is 33.4 Å². The largest absolute Gasteiger partial charge is 0.416 e. The summed E-state index contributed by atoms with van der Waals surface area (Å²) < 4.78 is 87.9. The van der Waals surface area contributed by atoms with Crippen LogP contribution in [-0.4, -0.2) is 27.1 Å². The Balaban J connectivity index is 2.36. The molecule has 32 heavy (non-hydrogen) atoms. The van der Waals surface area contributed by atoms with Crippen molar-refractivity contribution < 1.29 is 35.2 Å². The summed E-state index contributed by atoms with van der Waals surface area (Å²) in [6.07, 6.45) is -3.82. The van der Waals surface area contributed by atoms with Crippen LogP contribution in [-0.2, 0) is 27.4 Å². The van der Waals surface area contributed by atoms with Gasteiger partial charge in [0, 0.05) is 29.2 Å². The number of primary sulfonamides is 1. The number of nitrogens with two attached hydrogens (primary N) is 2. The average Bonchev–Trinajstić information content (AvgIpc) is 2.67. The Hall–Kier alpha value is -3.32. The summed E-state index contributed by atoms with van der Waals surface area (Å²) in [4.78, 5) is 14.6. The average molecular weight is 476 g/mol. The molecule has 0 radical (unpaired) electrons. The summed E-state index contributed by atoms with van der Waals surface area (Å²) >= 11 is 0. The van der Waals surface area contributed by atoms with Crippen molar-refractivity contribution in [2.75, 3.05) is 5.32 Å². The molecule has 2 rings (SSSR count). The van der Waals surface area contributed by atoms with Crippen molar-refractivity contribution in [2.24, 2.45) is 15.9 Å². The molecule has 0 unspecified atom stereocenters. The van der Waals surface area contributed by atoms with E-state index < -0.39 is 45.5 Å². The van der Waals surface area contributed by atoms with Gasteiger partial charge in [0.2, 0.25) is 15.9 Å². The highest BCUT2D eigenvalue weighted by Crippen LogP contribution is 2.32. The fraction of sp³-hybridized carbons (Fsp3) is 0.158. The van der Waals surface area contributed by atoms with E-state index in [4.69, 9.17) is 10.9 Å². The first-order valence-electron chi connectivity index (χ1n) is 8.68. The van der Waals surface area contributed by atoms with E-state index in [1.54, 1.807) is 0 Å². The number of nitrogens with zero attached hydrogens (tertiary/aromatic N) is 1. The van der Waals surface area contributed by atoms with Gasteiger partial charge in [0.15, 0.2) is 0 Å². The van der Waals surface area contributed by atoms with Gasteiger partial charge >= 0.3 is 12.7 Å². The quantitative estimate of drug-likeness (QED) is 0.322. The van der Waals surface area contributed by atoms with Crippen LogP contribution in [0.15, 0.2) is 58.6 Å². The third kappa shape index (κ3) is 6.59. The second-order valence-electron chi connectivity index (χ2n) is 6.31. The topological polar surface area (TPSA) is 128 Å². The fourth-order valence-corrected chi connectivity index (χ4v) is 3.53. The molecular formula is C19H17F5N4O3S. The molecule has 0 spiro atoms. The zero-order chi connectivity index (χ0) is 24.1. The first kappa shape index (κ1) is 24.9. The van der Waals surface area contributed by atoms with Crippen molar-refractivity contribution in [2.45, 2.75) is 24.0 Å². The first-order chi connectivity index (χ1) is 14.8. The molecule has 0 bridgehead atoms. The number of nitrogens with one attached hydrogen (secondary N) is 1. The molecule has 0 heterocycles. The number of carbonyl (C=O) groups excluding carboxylic acids is 1. The van der Waals surface area contributed by atoms with Gasteiger partial charge in [0.25, 0.3) is 0 Å². The van der Waals surface area contributed by atoms with Gasteiger partial charge in [-0.25, -0.2) is 18.5 Å². The zero-order valence-electron chi connectivity index (χ0n) is 16.1. The summed E-state index contributed by atoms with van der Waals surface area (Å²) in [6, 6.07) is 7.76. The van der Waals surface area contributed by atoms with Crippen LogP contribution < -0.4 is 16.2 Å². The minimum absolute atomic E-state index is 0.102. The molecule has 2 aromatic rings. The van der Waals surface area contributed by atoms with E-state index in [2.05, 4.69) is 10.3 Å². The Morgan fingerprint density at radius 3 is 2.38 bits per heavy atom. The minimum Gasteiger partial charge on any atom is -0.404 e. The minimum atomic E-state index is -4.66. The maximum absolute atomic E-state index is 13.1. The van der Waals surface area contributed by atoms with Gasteiger partial charge in [-0.2, -0.15) is 22.0 Å². The number of amides is 1. The van der Waals surface area contributed by atoms with Gasteiger partial charge in [-0.15, -0.1) is 0 Å². The molecule has 0 aliphatic heterocycles. The molecule has 0 saturated heterocycles. The molecule has 0 atom stereocenters. The third-order valence-corrected chi connectivity index (χ3v) is 5.01. The highest BCUT2D eigenvalue weighted by Gasteiger charge is 2.33. The molecule has 7 nitrogen and oxygen atoms in total. The molecule has 13 heteroatoms. The van der Waals surface area contributed by atoms with Crippen molar-refractivity contribution in [1.29, 1.82) is 0 Å². The number of hydrogen-bond acceptors (Lipinski definition) is 5. The third-order valence-electron chi connectivity index (χ3n) is 4.06. The Kier molecular flexibility index (Phi) is 7.69. The highest BCUT2D eigenvalue weighted by molar-refractivity contribution is 7.89. The van der Waals surface area contributed by atoms with Gasteiger partial charge < -0.3 is 11.1 Å². The van der Waals surface area contributed by atoms with E-state index in [1.807, 2.05) is 0 Å². The summed E-state index contributed by atoms with van der Waals surface area (Å²) in [6.45, 7) is -3.07. The lowest BCUT2D eigenvalue weighted by Crippen LogP contribution is -2.19. The zero-order valence-corrected chi connectivity index (χ0v) is 16.9. The van der Waals surface area contributed by atoms with Crippen LogP contribution in [0.5, 0.6) is 0 Å². The van der Waals surface area contributed by atoms with Gasteiger partial charge in [-0.05, 0) is 23.8 Å². The maximum atomic E-state index is 13.1. The molecular weight excluding hydrogens is 459 g/mol. The molecule has 5 N–H and O–H groups in total. The second kappa shape index (κ2) is 9.87. The van der Waals surface area contributed by atoms with Crippen LogP contribution in [0.1, 0.15) is 16.7 Å². The number of anilines is 1. The molecule has 0 aliphatic rings. The normalized spacial score (nSPS) is 13.0. The van der Waals surface area contributed by atoms with Crippen LogP contribution in [0.4, 0.5) is 27.6 Å². The number of benzene rings is 2. The van der Waals surface area contributed by atoms with E-state index in [0.717, 1.165) is 30.5 Å². The Labute approximate surface area is 179 Å². The predicted octanol–water partition coefficient (Wildman–Crippen LogP) is 3.13. The summed E-state index contributed by atoms with van der Waals surface area (Å²) in [7, 11) is -4.42. The lowest BCUT2D eigenvalue weighted by Gasteiger charge is -2.14. The highest BCUT2D eigenvalue weighted by atomic mass is 32.2. The smallest absolute Gasteiger partial charge is 0.404 e. The molecule has 1 amide bonds. The van der Waals surface area contributed by atoms with E-state index in [0.29, 0.717) is 6.21 Å². The van der Waals surface area contributed by atoms with Crippen LogP contribution in [0.3, 0.4) is 0 Å². The van der Waals surface area contributed by atoms with Gasteiger partial charge in [0.1, 0.15) is 0 Å². The van der Waals surface area contributed by atoms with Gasteiger partial charge in [-0.3, -0.25) is 4.79 Å². The molecule has 2 aromatic carbocycles. The Bertz CT molecular complexity index is 1160. The van der Waals surface area contributed by atoms with Crippen molar-refractivity contribution in [3.63, 3.8) is 0 Å². The molecule has 0 aliphatic carbocycles. The van der Waals surface area contributed by atoms with Crippen molar-refractivity contribution in [1.82, 2.24) is 0 Å². The van der Waals surface area contributed by atoms with Crippen molar-refractivity contribution in [3.05, 3.63) is 65.4 Å². The van der Waals surface area contributed by atoms with E-state index in [-0.39, 0.29) is 22.4 Å². The number of hydrogen-bond donors (Lipinski definition) is 3. The number of alkyl halides is 5. The number of allylic oxidation sites excluding steroid dienone is 1. The van der Waals surface area contributed by atoms with E-state index >= 15 is 0 Å². The van der Waals surface area contributed by atoms with Crippen molar-refractivity contribution in [3.8, 4) is 0 Å². The molecule has 172 valence electrons. The lowest BCUT2D eigenvalue weighted by atomic mass is 10.0. The molecule has 0 fully saturated rings. The Morgan fingerprint density at radius 1 is 1.16 bits per heavy atom. The maximum Gasteiger partial charge on any atom is 0.416 e.